The number of H-pyrrole nitrogens is 1. The molecule has 0 bridgehead atoms. The summed E-state index contributed by atoms with van der Waals surface area (Å²) in [6.07, 6.45) is 0. The molecule has 0 fully saturated rings. The van der Waals surface area contributed by atoms with E-state index in [1.54, 1.807) is 7.11 Å². The number of hydrogen-bond acceptors (Lipinski definition) is 1. The SMILES string of the molecule is COc1cccc2c1cc1c3ccccc3[nH]c1[n+]2C.[Cl-]. The summed E-state index contributed by atoms with van der Waals surface area (Å²) in [4.78, 5) is 3.50. The Hall–Kier alpha value is -2.26. The fraction of sp³-hybridized carbons (Fsp3) is 0.118. The average molecular weight is 299 g/mol. The molecule has 2 heterocycles. The lowest BCUT2D eigenvalue weighted by Crippen LogP contribution is -3.00. The van der Waals surface area contributed by atoms with E-state index < -0.39 is 0 Å². The second-order valence-corrected chi connectivity index (χ2v) is 5.03. The molecule has 106 valence electrons. The van der Waals surface area contributed by atoms with Crippen molar-refractivity contribution in [2.24, 2.45) is 7.05 Å². The first-order valence-electron chi connectivity index (χ1n) is 6.66. The number of aromatic nitrogens is 2. The summed E-state index contributed by atoms with van der Waals surface area (Å²) in [7, 11) is 3.80. The summed E-state index contributed by atoms with van der Waals surface area (Å²) in [6.45, 7) is 0. The minimum absolute atomic E-state index is 0. The highest BCUT2D eigenvalue weighted by atomic mass is 35.5. The van der Waals surface area contributed by atoms with Gasteiger partial charge in [-0.15, -0.1) is 0 Å². The number of aryl methyl sites for hydroxylation is 1. The number of halogens is 1. The molecule has 2 aromatic carbocycles. The highest BCUT2D eigenvalue weighted by Gasteiger charge is 2.17. The minimum atomic E-state index is 0. The Balaban J connectivity index is 0.00000132. The zero-order valence-corrected chi connectivity index (χ0v) is 12.6. The molecule has 0 aliphatic carbocycles. The van der Waals surface area contributed by atoms with Gasteiger partial charge in [0, 0.05) is 5.39 Å². The van der Waals surface area contributed by atoms with Crippen LogP contribution >= 0.6 is 0 Å². The van der Waals surface area contributed by atoms with Gasteiger partial charge in [0.25, 0.3) is 5.65 Å². The standard InChI is InChI=1S/C17H14N2O.ClH/c1-19-15-8-5-9-16(20-2)13(15)10-12-11-6-3-4-7-14(11)18-17(12)19;/h3-10H,1-2H3;1H. The first kappa shape index (κ1) is 13.7. The topological polar surface area (TPSA) is 28.9 Å². The molecule has 0 radical (unpaired) electrons. The Morgan fingerprint density at radius 3 is 2.57 bits per heavy atom. The largest absolute Gasteiger partial charge is 1.00 e. The highest BCUT2D eigenvalue weighted by Crippen LogP contribution is 2.30. The summed E-state index contributed by atoms with van der Waals surface area (Å²) in [6, 6.07) is 16.7. The Bertz CT molecular complexity index is 959. The van der Waals surface area contributed by atoms with Gasteiger partial charge in [-0.05, 0) is 30.3 Å². The highest BCUT2D eigenvalue weighted by molar-refractivity contribution is 6.08. The number of fused-ring (bicyclic) bond motifs is 4. The molecular weight excluding hydrogens is 284 g/mol. The van der Waals surface area contributed by atoms with Crippen molar-refractivity contribution in [2.75, 3.05) is 7.11 Å². The van der Waals surface area contributed by atoms with Crippen LogP contribution in [0, 0.1) is 0 Å². The van der Waals surface area contributed by atoms with Gasteiger partial charge in [0.1, 0.15) is 16.8 Å². The van der Waals surface area contributed by atoms with Gasteiger partial charge < -0.3 is 17.1 Å². The molecule has 4 rings (SSSR count). The van der Waals surface area contributed by atoms with E-state index in [9.17, 15) is 0 Å². The summed E-state index contributed by atoms with van der Waals surface area (Å²) < 4.78 is 7.68. The minimum Gasteiger partial charge on any atom is -1.00 e. The van der Waals surface area contributed by atoms with Crippen LogP contribution in [-0.2, 0) is 7.05 Å². The molecule has 1 N–H and O–H groups in total. The van der Waals surface area contributed by atoms with Crippen LogP contribution in [0.25, 0.3) is 32.8 Å². The molecule has 4 aromatic rings. The van der Waals surface area contributed by atoms with Crippen molar-refractivity contribution in [2.45, 2.75) is 0 Å². The molecule has 0 spiro atoms. The van der Waals surface area contributed by atoms with Gasteiger partial charge in [-0.25, -0.2) is 9.55 Å². The summed E-state index contributed by atoms with van der Waals surface area (Å²) in [5, 5.41) is 3.60. The number of aromatic amines is 1. The normalized spacial score (nSPS) is 11.0. The average Bonchev–Trinajstić information content (AvgIpc) is 2.86. The maximum Gasteiger partial charge on any atom is 0.287 e. The molecule has 0 aliphatic rings. The number of pyridine rings is 1. The summed E-state index contributed by atoms with van der Waals surface area (Å²) in [5.74, 6) is 0.908. The fourth-order valence-corrected chi connectivity index (χ4v) is 2.97. The Labute approximate surface area is 128 Å². The zero-order chi connectivity index (χ0) is 13.7. The van der Waals surface area contributed by atoms with Crippen molar-refractivity contribution in [3.8, 4) is 5.75 Å². The Morgan fingerprint density at radius 2 is 1.76 bits per heavy atom. The molecule has 4 heteroatoms. The number of benzene rings is 2. The van der Waals surface area contributed by atoms with Crippen molar-refractivity contribution < 1.29 is 21.7 Å². The molecule has 2 aromatic heterocycles. The predicted octanol–water partition coefficient (Wildman–Crippen LogP) is 0.311. The lowest BCUT2D eigenvalue weighted by atomic mass is 10.1. The number of ether oxygens (including phenoxy) is 1. The van der Waals surface area contributed by atoms with E-state index in [0.717, 1.165) is 27.8 Å². The first-order valence-corrected chi connectivity index (χ1v) is 6.66. The van der Waals surface area contributed by atoms with Gasteiger partial charge in [-0.1, -0.05) is 18.2 Å². The third-order valence-corrected chi connectivity index (χ3v) is 3.97. The van der Waals surface area contributed by atoms with E-state index >= 15 is 0 Å². The summed E-state index contributed by atoms with van der Waals surface area (Å²) in [5.41, 5.74) is 3.45. The summed E-state index contributed by atoms with van der Waals surface area (Å²) >= 11 is 0. The third kappa shape index (κ3) is 1.85. The van der Waals surface area contributed by atoms with E-state index in [-0.39, 0.29) is 12.4 Å². The molecular formula is C17H15ClN2O. The quantitative estimate of drug-likeness (QED) is 0.504. The zero-order valence-electron chi connectivity index (χ0n) is 11.9. The van der Waals surface area contributed by atoms with Crippen molar-refractivity contribution in [3.63, 3.8) is 0 Å². The predicted molar refractivity (Wildman–Crippen MR) is 81.0 cm³/mol. The molecule has 0 saturated carbocycles. The maximum absolute atomic E-state index is 5.50. The van der Waals surface area contributed by atoms with Gasteiger partial charge in [0.2, 0.25) is 0 Å². The van der Waals surface area contributed by atoms with Crippen molar-refractivity contribution in [1.29, 1.82) is 0 Å². The van der Waals surface area contributed by atoms with Crippen molar-refractivity contribution in [3.05, 3.63) is 48.5 Å². The molecule has 3 nitrogen and oxygen atoms in total. The van der Waals surface area contributed by atoms with E-state index in [4.69, 9.17) is 4.74 Å². The monoisotopic (exact) mass is 298 g/mol. The molecule has 21 heavy (non-hydrogen) atoms. The van der Waals surface area contributed by atoms with E-state index in [2.05, 4.69) is 53.0 Å². The molecule has 0 aliphatic heterocycles. The van der Waals surface area contributed by atoms with Crippen LogP contribution < -0.4 is 21.7 Å². The van der Waals surface area contributed by atoms with Crippen LogP contribution in [-0.4, -0.2) is 12.1 Å². The van der Waals surface area contributed by atoms with Crippen LogP contribution in [0.15, 0.2) is 48.5 Å². The van der Waals surface area contributed by atoms with Gasteiger partial charge >= 0.3 is 0 Å². The maximum atomic E-state index is 5.50. The first-order chi connectivity index (χ1) is 9.79. The molecule has 0 atom stereocenters. The van der Waals surface area contributed by atoms with E-state index in [0.29, 0.717) is 0 Å². The van der Waals surface area contributed by atoms with Crippen LogP contribution in [0.5, 0.6) is 5.75 Å². The van der Waals surface area contributed by atoms with Gasteiger partial charge in [-0.3, -0.25) is 0 Å². The van der Waals surface area contributed by atoms with Gasteiger partial charge in [0.05, 0.1) is 24.9 Å². The third-order valence-electron chi connectivity index (χ3n) is 3.97. The molecule has 0 unspecified atom stereocenters. The second kappa shape index (κ2) is 4.93. The lowest BCUT2D eigenvalue weighted by Gasteiger charge is -2.06. The number of nitrogens with zero attached hydrogens (tertiary/aromatic N) is 1. The molecule has 0 amide bonds. The van der Waals surface area contributed by atoms with Crippen LogP contribution in [0.2, 0.25) is 0 Å². The number of nitrogens with one attached hydrogen (secondary N) is 1. The van der Waals surface area contributed by atoms with Crippen LogP contribution in [0.1, 0.15) is 0 Å². The number of rotatable bonds is 1. The van der Waals surface area contributed by atoms with Crippen LogP contribution in [0.3, 0.4) is 0 Å². The lowest BCUT2D eigenvalue weighted by molar-refractivity contribution is -0.619. The Morgan fingerprint density at radius 1 is 0.952 bits per heavy atom. The van der Waals surface area contributed by atoms with E-state index in [1.165, 1.54) is 10.8 Å². The molecule has 0 saturated heterocycles. The van der Waals surface area contributed by atoms with Crippen molar-refractivity contribution >= 4 is 32.8 Å². The van der Waals surface area contributed by atoms with Crippen molar-refractivity contribution in [1.82, 2.24) is 4.98 Å². The number of para-hydroxylation sites is 1. The fourth-order valence-electron chi connectivity index (χ4n) is 2.97. The Kier molecular flexibility index (Phi) is 3.22. The van der Waals surface area contributed by atoms with E-state index in [1.807, 2.05) is 12.1 Å². The number of hydrogen-bond donors (Lipinski definition) is 1. The van der Waals surface area contributed by atoms with Gasteiger partial charge in [0.15, 0.2) is 0 Å². The smallest absolute Gasteiger partial charge is 0.287 e. The van der Waals surface area contributed by atoms with Gasteiger partial charge in [-0.2, -0.15) is 0 Å². The second-order valence-electron chi connectivity index (χ2n) is 5.03. The van der Waals surface area contributed by atoms with Crippen LogP contribution in [0.4, 0.5) is 0 Å². The number of methoxy groups -OCH3 is 1.